The van der Waals surface area contributed by atoms with Gasteiger partial charge in [-0.3, -0.25) is 4.90 Å². The average Bonchev–Trinajstić information content (AvgIpc) is 2.43. The van der Waals surface area contributed by atoms with Gasteiger partial charge in [0.25, 0.3) is 0 Å². The van der Waals surface area contributed by atoms with Gasteiger partial charge in [-0.15, -0.1) is 0 Å². The molecule has 0 heterocycles. The molecule has 1 N–H and O–H groups in total. The molecule has 1 aromatic rings. The summed E-state index contributed by atoms with van der Waals surface area (Å²) < 4.78 is 29.5. The molecule has 0 saturated carbocycles. The molecule has 0 fully saturated rings. The summed E-state index contributed by atoms with van der Waals surface area (Å²) in [5, 5.41) is 9.68. The third kappa shape index (κ3) is 5.77. The molecule has 1 aromatic carbocycles. The molecule has 0 bridgehead atoms. The molecule has 0 aromatic heterocycles. The number of alkyl halides is 2. The van der Waals surface area contributed by atoms with E-state index in [9.17, 15) is 13.9 Å². The molecule has 0 radical (unpaired) electrons. The molecule has 0 saturated heterocycles. The highest BCUT2D eigenvalue weighted by molar-refractivity contribution is 6.30. The van der Waals surface area contributed by atoms with Gasteiger partial charge < -0.3 is 9.84 Å². The third-order valence-corrected chi connectivity index (χ3v) is 3.69. The molecule has 0 atom stereocenters. The maximum atomic E-state index is 12.5. The second-order valence-electron chi connectivity index (χ2n) is 4.79. The summed E-state index contributed by atoms with van der Waals surface area (Å²) in [6, 6.07) is 4.88. The molecule has 3 nitrogen and oxygen atoms in total. The van der Waals surface area contributed by atoms with Crippen molar-refractivity contribution < 1.29 is 18.6 Å². The average molecular weight is 322 g/mol. The van der Waals surface area contributed by atoms with Crippen LogP contribution in [0, 0.1) is 0 Å². The Bertz CT molecular complexity index is 428. The minimum atomic E-state index is -2.87. The molecule has 0 aliphatic heterocycles. The number of aliphatic hydroxyl groups excluding tert-OH is 1. The predicted molar refractivity (Wildman–Crippen MR) is 79.9 cm³/mol. The molecule has 21 heavy (non-hydrogen) atoms. The molecular formula is C15H22ClF2NO2. The van der Waals surface area contributed by atoms with Crippen molar-refractivity contribution in [3.8, 4) is 5.75 Å². The van der Waals surface area contributed by atoms with Crippen LogP contribution in [-0.4, -0.2) is 35.8 Å². The van der Waals surface area contributed by atoms with Gasteiger partial charge in [-0.25, -0.2) is 0 Å². The van der Waals surface area contributed by atoms with E-state index < -0.39 is 6.61 Å². The van der Waals surface area contributed by atoms with Gasteiger partial charge in [-0.2, -0.15) is 8.78 Å². The van der Waals surface area contributed by atoms with Gasteiger partial charge in [-0.05, 0) is 31.0 Å². The lowest BCUT2D eigenvalue weighted by molar-refractivity contribution is -0.0509. The predicted octanol–water partition coefficient (Wildman–Crippen LogP) is 3.92. The minimum absolute atomic E-state index is 0.0160. The number of hydrogen-bond acceptors (Lipinski definition) is 3. The van der Waals surface area contributed by atoms with Crippen molar-refractivity contribution in [2.24, 2.45) is 0 Å². The van der Waals surface area contributed by atoms with E-state index in [-0.39, 0.29) is 18.4 Å². The van der Waals surface area contributed by atoms with Crippen LogP contribution in [0.2, 0.25) is 5.02 Å². The first-order valence-electron chi connectivity index (χ1n) is 7.09. The van der Waals surface area contributed by atoms with Gasteiger partial charge in [0.2, 0.25) is 0 Å². The summed E-state index contributed by atoms with van der Waals surface area (Å²) in [5.41, 5.74) is 0.600. The lowest BCUT2D eigenvalue weighted by Crippen LogP contribution is -2.36. The zero-order valence-corrected chi connectivity index (χ0v) is 13.1. The highest BCUT2D eigenvalue weighted by atomic mass is 35.5. The minimum Gasteiger partial charge on any atom is -0.434 e. The quantitative estimate of drug-likeness (QED) is 0.748. The zero-order chi connectivity index (χ0) is 15.8. The number of nitrogens with zero attached hydrogens (tertiary/aromatic N) is 1. The van der Waals surface area contributed by atoms with Crippen molar-refractivity contribution in [2.45, 2.75) is 45.9 Å². The second-order valence-corrected chi connectivity index (χ2v) is 5.23. The molecule has 1 rings (SSSR count). The maximum absolute atomic E-state index is 12.5. The SMILES string of the molecule is CCC(CC)N(CCO)Cc1cc(Cl)ccc1OC(F)F. The molecular weight excluding hydrogens is 300 g/mol. The molecule has 120 valence electrons. The molecule has 6 heteroatoms. The summed E-state index contributed by atoms with van der Waals surface area (Å²) in [4.78, 5) is 2.06. The summed E-state index contributed by atoms with van der Waals surface area (Å²) in [6.07, 6.45) is 1.84. The molecule has 0 amide bonds. The highest BCUT2D eigenvalue weighted by Gasteiger charge is 2.18. The monoisotopic (exact) mass is 321 g/mol. The topological polar surface area (TPSA) is 32.7 Å². The van der Waals surface area contributed by atoms with Gasteiger partial charge in [0, 0.05) is 29.7 Å². The number of aliphatic hydroxyl groups is 1. The van der Waals surface area contributed by atoms with E-state index in [0.717, 1.165) is 12.8 Å². The van der Waals surface area contributed by atoms with Crippen molar-refractivity contribution in [2.75, 3.05) is 13.2 Å². The van der Waals surface area contributed by atoms with Crippen LogP contribution in [0.1, 0.15) is 32.3 Å². The fraction of sp³-hybridized carbons (Fsp3) is 0.600. The Labute approximate surface area is 129 Å². The number of halogens is 3. The Morgan fingerprint density at radius 1 is 1.29 bits per heavy atom. The van der Waals surface area contributed by atoms with Crippen LogP contribution in [0.15, 0.2) is 18.2 Å². The van der Waals surface area contributed by atoms with Crippen molar-refractivity contribution >= 4 is 11.6 Å². The van der Waals surface area contributed by atoms with Crippen molar-refractivity contribution in [3.05, 3.63) is 28.8 Å². The van der Waals surface area contributed by atoms with Crippen LogP contribution in [-0.2, 0) is 6.54 Å². The van der Waals surface area contributed by atoms with Crippen LogP contribution >= 0.6 is 11.6 Å². The highest BCUT2D eigenvalue weighted by Crippen LogP contribution is 2.27. The van der Waals surface area contributed by atoms with E-state index in [1.54, 1.807) is 6.07 Å². The Hall–Kier alpha value is -0.910. The number of benzene rings is 1. The Kier molecular flexibility index (Phi) is 7.93. The van der Waals surface area contributed by atoms with E-state index in [1.165, 1.54) is 12.1 Å². The summed E-state index contributed by atoms with van der Waals surface area (Å²) in [6.45, 7) is 2.16. The van der Waals surface area contributed by atoms with E-state index in [1.807, 2.05) is 0 Å². The Morgan fingerprint density at radius 2 is 1.95 bits per heavy atom. The van der Waals surface area contributed by atoms with Crippen molar-refractivity contribution in [3.63, 3.8) is 0 Å². The zero-order valence-electron chi connectivity index (χ0n) is 12.4. The first-order valence-corrected chi connectivity index (χ1v) is 7.47. The third-order valence-electron chi connectivity index (χ3n) is 3.46. The van der Waals surface area contributed by atoms with Crippen LogP contribution in [0.3, 0.4) is 0 Å². The van der Waals surface area contributed by atoms with Crippen LogP contribution in [0.4, 0.5) is 8.78 Å². The fourth-order valence-corrected chi connectivity index (χ4v) is 2.62. The number of rotatable bonds is 9. The van der Waals surface area contributed by atoms with E-state index in [0.29, 0.717) is 23.7 Å². The normalized spacial score (nSPS) is 11.7. The van der Waals surface area contributed by atoms with E-state index >= 15 is 0 Å². The fourth-order valence-electron chi connectivity index (χ4n) is 2.43. The van der Waals surface area contributed by atoms with Gasteiger partial charge in [0.05, 0.1) is 6.61 Å². The Balaban J connectivity index is 2.98. The Morgan fingerprint density at radius 3 is 2.48 bits per heavy atom. The van der Waals surface area contributed by atoms with Crippen LogP contribution in [0.5, 0.6) is 5.75 Å². The van der Waals surface area contributed by atoms with Gasteiger partial charge >= 0.3 is 6.61 Å². The maximum Gasteiger partial charge on any atom is 0.387 e. The molecule has 0 aliphatic carbocycles. The summed E-state index contributed by atoms with van der Waals surface area (Å²) in [5.74, 6) is 0.128. The summed E-state index contributed by atoms with van der Waals surface area (Å²) >= 11 is 5.95. The first kappa shape index (κ1) is 18.1. The van der Waals surface area contributed by atoms with E-state index in [4.69, 9.17) is 11.6 Å². The molecule has 0 unspecified atom stereocenters. The van der Waals surface area contributed by atoms with Crippen molar-refractivity contribution in [1.82, 2.24) is 4.90 Å². The van der Waals surface area contributed by atoms with Gasteiger partial charge in [0.15, 0.2) is 0 Å². The van der Waals surface area contributed by atoms with Gasteiger partial charge in [0.1, 0.15) is 5.75 Å². The number of ether oxygens (including phenoxy) is 1. The molecule has 0 spiro atoms. The van der Waals surface area contributed by atoms with Crippen LogP contribution in [0.25, 0.3) is 0 Å². The lowest BCUT2D eigenvalue weighted by Gasteiger charge is -2.30. The molecule has 0 aliphatic rings. The largest absolute Gasteiger partial charge is 0.434 e. The van der Waals surface area contributed by atoms with Crippen LogP contribution < -0.4 is 4.74 Å². The van der Waals surface area contributed by atoms with Gasteiger partial charge in [-0.1, -0.05) is 25.4 Å². The smallest absolute Gasteiger partial charge is 0.387 e. The lowest BCUT2D eigenvalue weighted by atomic mass is 10.1. The number of hydrogen-bond donors (Lipinski definition) is 1. The van der Waals surface area contributed by atoms with Crippen molar-refractivity contribution in [1.29, 1.82) is 0 Å². The van der Waals surface area contributed by atoms with E-state index in [2.05, 4.69) is 23.5 Å². The standard InChI is InChI=1S/C15H22ClF2NO2/c1-3-13(4-2)19(7-8-20)10-11-9-12(16)5-6-14(11)21-15(17)18/h5-6,9,13,15,20H,3-4,7-8,10H2,1-2H3. The second kappa shape index (κ2) is 9.18. The summed E-state index contributed by atoms with van der Waals surface area (Å²) in [7, 11) is 0. The first-order chi connectivity index (χ1) is 10.0.